The minimum Gasteiger partial charge on any atom is -0.389 e. The monoisotopic (exact) mass is 224 g/mol. The van der Waals surface area contributed by atoms with Crippen molar-refractivity contribution in [2.45, 2.75) is 12.1 Å². The van der Waals surface area contributed by atoms with Crippen molar-refractivity contribution in [2.75, 3.05) is 26.7 Å². The number of β-amino-alcohol motifs (C(OH)–C–C–N with tert-alkyl or cyclic N) is 1. The molecule has 0 aromatic carbocycles. The van der Waals surface area contributed by atoms with Crippen LogP contribution in [-0.2, 0) is 4.79 Å². The van der Waals surface area contributed by atoms with E-state index in [1.165, 1.54) is 0 Å². The van der Waals surface area contributed by atoms with E-state index in [9.17, 15) is 9.90 Å². The van der Waals surface area contributed by atoms with E-state index in [2.05, 4.69) is 10.4 Å². The first-order valence-electron chi connectivity index (χ1n) is 5.32. The molecule has 1 aromatic rings. The van der Waals surface area contributed by atoms with Gasteiger partial charge < -0.3 is 15.3 Å². The van der Waals surface area contributed by atoms with Crippen molar-refractivity contribution < 1.29 is 9.90 Å². The molecule has 1 amide bonds. The maximum absolute atomic E-state index is 11.6. The van der Waals surface area contributed by atoms with Gasteiger partial charge in [0.25, 0.3) is 0 Å². The Morgan fingerprint density at radius 1 is 1.62 bits per heavy atom. The first-order valence-corrected chi connectivity index (χ1v) is 5.32. The molecule has 1 aliphatic heterocycles. The van der Waals surface area contributed by atoms with Crippen molar-refractivity contribution in [2.24, 2.45) is 0 Å². The van der Waals surface area contributed by atoms with Gasteiger partial charge >= 0.3 is 0 Å². The first-order chi connectivity index (χ1) is 7.72. The van der Waals surface area contributed by atoms with Gasteiger partial charge in [-0.15, -0.1) is 0 Å². The van der Waals surface area contributed by atoms with Crippen molar-refractivity contribution in [1.82, 2.24) is 20.0 Å². The van der Waals surface area contributed by atoms with Crippen LogP contribution in [0.4, 0.5) is 0 Å². The third-order valence-corrected chi connectivity index (χ3v) is 2.80. The largest absolute Gasteiger partial charge is 0.389 e. The summed E-state index contributed by atoms with van der Waals surface area (Å²) in [6.45, 7) is 1.20. The number of nitrogens with zero attached hydrogens (tertiary/aromatic N) is 3. The number of carbonyl (C=O) groups excluding carboxylic acids is 1. The highest BCUT2D eigenvalue weighted by Gasteiger charge is 2.34. The molecule has 6 heteroatoms. The fourth-order valence-electron chi connectivity index (χ4n) is 1.97. The fourth-order valence-corrected chi connectivity index (χ4v) is 1.97. The van der Waals surface area contributed by atoms with E-state index in [0.29, 0.717) is 19.6 Å². The van der Waals surface area contributed by atoms with Crippen LogP contribution in [0, 0.1) is 0 Å². The Hall–Kier alpha value is -1.40. The van der Waals surface area contributed by atoms with Gasteiger partial charge in [0.1, 0.15) is 0 Å². The SMILES string of the molecule is CNCC(=O)N1CC(O)C(n2cccn2)C1. The number of nitrogens with one attached hydrogen (secondary N) is 1. The predicted octanol–water partition coefficient (Wildman–Crippen LogP) is -1.15. The van der Waals surface area contributed by atoms with Gasteiger partial charge in [-0.25, -0.2) is 0 Å². The molecule has 0 radical (unpaired) electrons. The topological polar surface area (TPSA) is 70.4 Å². The third kappa shape index (κ3) is 2.07. The molecular weight excluding hydrogens is 208 g/mol. The van der Waals surface area contributed by atoms with E-state index in [1.54, 1.807) is 29.0 Å². The van der Waals surface area contributed by atoms with Crippen molar-refractivity contribution in [3.05, 3.63) is 18.5 Å². The molecule has 88 valence electrons. The van der Waals surface area contributed by atoms with E-state index in [4.69, 9.17) is 0 Å². The number of carbonyl (C=O) groups is 1. The van der Waals surface area contributed by atoms with E-state index in [0.717, 1.165) is 0 Å². The minimum absolute atomic E-state index is 0.0104. The summed E-state index contributed by atoms with van der Waals surface area (Å²) in [5, 5.41) is 16.8. The Morgan fingerprint density at radius 3 is 3.06 bits per heavy atom. The first kappa shape index (κ1) is 11.1. The Bertz CT molecular complexity index is 352. The van der Waals surface area contributed by atoms with E-state index >= 15 is 0 Å². The second-order valence-corrected chi connectivity index (χ2v) is 3.95. The van der Waals surface area contributed by atoms with E-state index in [-0.39, 0.29) is 11.9 Å². The van der Waals surface area contributed by atoms with Gasteiger partial charge in [0.2, 0.25) is 5.91 Å². The van der Waals surface area contributed by atoms with Crippen LogP contribution in [0.15, 0.2) is 18.5 Å². The lowest BCUT2D eigenvalue weighted by atomic mass is 10.2. The van der Waals surface area contributed by atoms with Gasteiger partial charge in [-0.2, -0.15) is 5.10 Å². The Kier molecular flexibility index (Phi) is 3.21. The highest BCUT2D eigenvalue weighted by molar-refractivity contribution is 5.78. The van der Waals surface area contributed by atoms with Crippen LogP contribution in [0.25, 0.3) is 0 Å². The van der Waals surface area contributed by atoms with Gasteiger partial charge in [-0.05, 0) is 13.1 Å². The lowest BCUT2D eigenvalue weighted by molar-refractivity contribution is -0.129. The van der Waals surface area contributed by atoms with E-state index < -0.39 is 6.10 Å². The molecular formula is C10H16N4O2. The molecule has 6 nitrogen and oxygen atoms in total. The average molecular weight is 224 g/mol. The Balaban J connectivity index is 2.02. The number of aromatic nitrogens is 2. The van der Waals surface area contributed by atoms with Gasteiger partial charge in [0, 0.05) is 25.5 Å². The summed E-state index contributed by atoms with van der Waals surface area (Å²) in [6.07, 6.45) is 2.94. The molecule has 1 fully saturated rings. The molecule has 2 atom stereocenters. The summed E-state index contributed by atoms with van der Waals surface area (Å²) in [6, 6.07) is 1.68. The van der Waals surface area contributed by atoms with Crippen LogP contribution in [0.1, 0.15) is 6.04 Å². The summed E-state index contributed by atoms with van der Waals surface area (Å²) in [7, 11) is 1.73. The summed E-state index contributed by atoms with van der Waals surface area (Å²) in [5.74, 6) is 0.0104. The number of hydrogen-bond donors (Lipinski definition) is 2. The van der Waals surface area contributed by atoms with Gasteiger partial charge in [0.05, 0.1) is 18.7 Å². The minimum atomic E-state index is -0.541. The number of likely N-dealkylation sites (tertiary alicyclic amines) is 1. The molecule has 0 spiro atoms. The number of aliphatic hydroxyl groups is 1. The van der Waals surface area contributed by atoms with E-state index in [1.807, 2.05) is 6.07 Å². The number of aliphatic hydroxyl groups excluding tert-OH is 1. The van der Waals surface area contributed by atoms with Gasteiger partial charge in [0.15, 0.2) is 0 Å². The van der Waals surface area contributed by atoms with Crippen LogP contribution >= 0.6 is 0 Å². The predicted molar refractivity (Wildman–Crippen MR) is 57.8 cm³/mol. The summed E-state index contributed by atoms with van der Waals surface area (Å²) >= 11 is 0. The van der Waals surface area contributed by atoms with Crippen molar-refractivity contribution >= 4 is 5.91 Å². The second-order valence-electron chi connectivity index (χ2n) is 3.95. The molecule has 16 heavy (non-hydrogen) atoms. The fraction of sp³-hybridized carbons (Fsp3) is 0.600. The zero-order valence-corrected chi connectivity index (χ0v) is 9.21. The smallest absolute Gasteiger partial charge is 0.236 e. The maximum Gasteiger partial charge on any atom is 0.236 e. The molecule has 0 saturated carbocycles. The average Bonchev–Trinajstić information content (AvgIpc) is 2.86. The van der Waals surface area contributed by atoms with Crippen LogP contribution < -0.4 is 5.32 Å². The molecule has 1 aromatic heterocycles. The maximum atomic E-state index is 11.6. The standard InChI is InChI=1S/C10H16N4O2/c1-11-5-10(16)13-6-8(9(15)7-13)14-4-2-3-12-14/h2-4,8-9,11,15H,5-7H2,1H3. The van der Waals surface area contributed by atoms with Crippen molar-refractivity contribution in [3.8, 4) is 0 Å². The Labute approximate surface area is 93.9 Å². The molecule has 1 saturated heterocycles. The summed E-state index contributed by atoms with van der Waals surface area (Å²) in [4.78, 5) is 13.3. The molecule has 1 aliphatic rings. The quantitative estimate of drug-likeness (QED) is 0.680. The highest BCUT2D eigenvalue weighted by Crippen LogP contribution is 2.21. The highest BCUT2D eigenvalue weighted by atomic mass is 16.3. The zero-order chi connectivity index (χ0) is 11.5. The van der Waals surface area contributed by atoms with Gasteiger partial charge in [-0.3, -0.25) is 9.48 Å². The second kappa shape index (κ2) is 4.63. The molecule has 2 unspecified atom stereocenters. The normalized spacial score (nSPS) is 25.0. The zero-order valence-electron chi connectivity index (χ0n) is 9.21. The van der Waals surface area contributed by atoms with Gasteiger partial charge in [-0.1, -0.05) is 0 Å². The van der Waals surface area contributed by atoms with Crippen LogP contribution in [0.2, 0.25) is 0 Å². The molecule has 2 rings (SSSR count). The third-order valence-electron chi connectivity index (χ3n) is 2.80. The number of likely N-dealkylation sites (N-methyl/N-ethyl adjacent to an activating group) is 1. The number of amides is 1. The molecule has 2 heterocycles. The molecule has 0 bridgehead atoms. The van der Waals surface area contributed by atoms with Crippen LogP contribution in [0.3, 0.4) is 0 Å². The molecule has 0 aliphatic carbocycles. The molecule has 2 N–H and O–H groups in total. The van der Waals surface area contributed by atoms with Crippen molar-refractivity contribution in [3.63, 3.8) is 0 Å². The lowest BCUT2D eigenvalue weighted by Gasteiger charge is -2.15. The summed E-state index contributed by atoms with van der Waals surface area (Å²) in [5.41, 5.74) is 0. The Morgan fingerprint density at radius 2 is 2.44 bits per heavy atom. The number of hydrogen-bond acceptors (Lipinski definition) is 4. The lowest BCUT2D eigenvalue weighted by Crippen LogP contribution is -2.36. The number of rotatable bonds is 3. The van der Waals surface area contributed by atoms with Crippen molar-refractivity contribution in [1.29, 1.82) is 0 Å². The summed E-state index contributed by atoms with van der Waals surface area (Å²) < 4.78 is 1.71. The van der Waals surface area contributed by atoms with Crippen LogP contribution in [-0.4, -0.2) is 58.5 Å². The van der Waals surface area contributed by atoms with Crippen LogP contribution in [0.5, 0.6) is 0 Å².